The van der Waals surface area contributed by atoms with Crippen molar-refractivity contribution >= 4 is 23.9 Å². The van der Waals surface area contributed by atoms with Crippen LogP contribution in [0, 0.1) is 0 Å². The fourth-order valence-corrected chi connectivity index (χ4v) is 5.27. The number of esters is 4. The molecule has 1 saturated carbocycles. The second-order valence-corrected chi connectivity index (χ2v) is 9.81. The molecule has 216 valence electrons. The minimum Gasteiger partial charge on any atom is -0.467 e. The summed E-state index contributed by atoms with van der Waals surface area (Å²) >= 11 is 0. The van der Waals surface area contributed by atoms with E-state index < -0.39 is 60.2 Å². The van der Waals surface area contributed by atoms with Crippen molar-refractivity contribution < 1.29 is 52.7 Å². The van der Waals surface area contributed by atoms with Crippen LogP contribution in [-0.2, 0) is 42.9 Å². The number of carbonyl (C=O) groups is 4. The molecule has 1 aromatic carbocycles. The molecule has 3 N–H and O–H groups in total. The molecule has 0 bridgehead atoms. The molecule has 1 aliphatic heterocycles. The number of methoxy groups -OCH3 is 1. The summed E-state index contributed by atoms with van der Waals surface area (Å²) in [5.74, 6) is -3.25. The highest BCUT2D eigenvalue weighted by Crippen LogP contribution is 2.40. The predicted octanol–water partition coefficient (Wildman–Crippen LogP) is 1.50. The van der Waals surface area contributed by atoms with Gasteiger partial charge in [-0.25, -0.2) is 4.79 Å². The summed E-state index contributed by atoms with van der Waals surface area (Å²) in [7, 11) is 1.11. The maximum atomic E-state index is 12.6. The highest BCUT2D eigenvalue weighted by molar-refractivity contribution is 5.77. The van der Waals surface area contributed by atoms with Gasteiger partial charge in [-0.3, -0.25) is 14.4 Å². The van der Waals surface area contributed by atoms with E-state index in [-0.39, 0.29) is 18.2 Å². The molecule has 12 nitrogen and oxygen atoms in total. The maximum absolute atomic E-state index is 12.6. The van der Waals surface area contributed by atoms with Gasteiger partial charge < -0.3 is 39.3 Å². The van der Waals surface area contributed by atoms with E-state index in [9.17, 15) is 24.3 Å². The third-order valence-corrected chi connectivity index (χ3v) is 6.97. The number of hydrogen-bond acceptors (Lipinski definition) is 12. The molecule has 1 aromatic rings. The Morgan fingerprint density at radius 3 is 1.97 bits per heavy atom. The summed E-state index contributed by atoms with van der Waals surface area (Å²) in [5, 5.41) is 11.2. The summed E-state index contributed by atoms with van der Waals surface area (Å²) in [6, 6.07) is 6.80. The lowest BCUT2D eigenvalue weighted by Crippen LogP contribution is -2.64. The zero-order valence-electron chi connectivity index (χ0n) is 22.6. The number of aliphatic hydroxyl groups is 1. The lowest BCUT2D eigenvalue weighted by Gasteiger charge is -2.43. The molecule has 0 amide bonds. The van der Waals surface area contributed by atoms with Gasteiger partial charge in [0.15, 0.2) is 18.3 Å². The van der Waals surface area contributed by atoms with E-state index in [4.69, 9.17) is 34.2 Å². The largest absolute Gasteiger partial charge is 0.467 e. The summed E-state index contributed by atoms with van der Waals surface area (Å²) in [5.41, 5.74) is 5.99. The van der Waals surface area contributed by atoms with Crippen molar-refractivity contribution in [3.8, 4) is 5.75 Å². The topological polar surface area (TPSA) is 170 Å². The fraction of sp³-hybridized carbons (Fsp3) is 0.630. The van der Waals surface area contributed by atoms with Gasteiger partial charge in [-0.05, 0) is 30.5 Å². The van der Waals surface area contributed by atoms with Crippen LogP contribution in [0.3, 0.4) is 0 Å². The van der Waals surface area contributed by atoms with E-state index in [1.807, 2.05) is 0 Å². The van der Waals surface area contributed by atoms with Crippen molar-refractivity contribution in [2.75, 3.05) is 13.7 Å². The molecule has 0 radical (unpaired) electrons. The van der Waals surface area contributed by atoms with Gasteiger partial charge in [-0.15, -0.1) is 0 Å². The lowest BCUT2D eigenvalue weighted by molar-refractivity contribution is -0.282. The van der Waals surface area contributed by atoms with Crippen molar-refractivity contribution in [2.45, 2.75) is 95.1 Å². The average Bonchev–Trinajstić information content (AvgIpc) is 2.87. The van der Waals surface area contributed by atoms with Crippen LogP contribution in [-0.4, -0.2) is 78.9 Å². The Bertz CT molecular complexity index is 1020. The normalized spacial score (nSPS) is 27.0. The Balaban J connectivity index is 1.92. The van der Waals surface area contributed by atoms with Crippen LogP contribution in [0.1, 0.15) is 64.4 Å². The molecule has 12 heteroatoms. The summed E-state index contributed by atoms with van der Waals surface area (Å²) in [6.07, 6.45) is -3.05. The Morgan fingerprint density at radius 2 is 1.46 bits per heavy atom. The predicted molar refractivity (Wildman–Crippen MR) is 134 cm³/mol. The van der Waals surface area contributed by atoms with Crippen molar-refractivity contribution in [1.82, 2.24) is 0 Å². The van der Waals surface area contributed by atoms with Crippen molar-refractivity contribution in [3.05, 3.63) is 29.8 Å². The first-order valence-electron chi connectivity index (χ1n) is 12.9. The number of carbonyl (C=O) groups excluding carboxylic acids is 4. The van der Waals surface area contributed by atoms with E-state index in [0.717, 1.165) is 52.7 Å². The van der Waals surface area contributed by atoms with Crippen LogP contribution >= 0.6 is 0 Å². The third kappa shape index (κ3) is 7.46. The number of hydrogen-bond donors (Lipinski definition) is 2. The summed E-state index contributed by atoms with van der Waals surface area (Å²) in [4.78, 5) is 48.3. The van der Waals surface area contributed by atoms with Gasteiger partial charge in [-0.2, -0.15) is 0 Å². The zero-order valence-corrected chi connectivity index (χ0v) is 22.6. The van der Waals surface area contributed by atoms with E-state index in [1.165, 1.54) is 0 Å². The average molecular weight is 552 g/mol. The van der Waals surface area contributed by atoms with Crippen LogP contribution in [0.4, 0.5) is 0 Å². The number of nitrogens with two attached hydrogens (primary N) is 1. The van der Waals surface area contributed by atoms with Gasteiger partial charge in [0.05, 0.1) is 12.7 Å². The van der Waals surface area contributed by atoms with Crippen LogP contribution in [0.2, 0.25) is 0 Å². The second kappa shape index (κ2) is 13.2. The smallest absolute Gasteiger partial charge is 0.339 e. The zero-order chi connectivity index (χ0) is 28.7. The van der Waals surface area contributed by atoms with Gasteiger partial charge in [0, 0.05) is 33.2 Å². The Labute approximate surface area is 227 Å². The molecular formula is C27H37NO11. The fourth-order valence-electron chi connectivity index (χ4n) is 5.27. The van der Waals surface area contributed by atoms with Crippen molar-refractivity contribution in [3.63, 3.8) is 0 Å². The highest BCUT2D eigenvalue weighted by atomic mass is 16.7. The molecule has 1 aliphatic carbocycles. The SMILES string of the molecule is COC(=O)C1O[C@@H](Oc2ccc(C(CN)C3(O)CCCCC3)cc2)C(OC(C)=O)C(OC(C)=O)[C@H]1OC(C)=O. The minimum atomic E-state index is -1.55. The van der Waals surface area contributed by atoms with Crippen LogP contribution in [0.25, 0.3) is 0 Å². The van der Waals surface area contributed by atoms with Gasteiger partial charge in [0.25, 0.3) is 0 Å². The monoisotopic (exact) mass is 551 g/mol. The van der Waals surface area contributed by atoms with E-state index in [0.29, 0.717) is 12.8 Å². The summed E-state index contributed by atoms with van der Waals surface area (Å²) in [6.45, 7) is 3.61. The molecule has 0 spiro atoms. The van der Waals surface area contributed by atoms with Gasteiger partial charge in [0.2, 0.25) is 12.4 Å². The number of benzene rings is 1. The number of rotatable bonds is 9. The maximum Gasteiger partial charge on any atom is 0.339 e. The van der Waals surface area contributed by atoms with E-state index in [2.05, 4.69) is 0 Å². The van der Waals surface area contributed by atoms with Gasteiger partial charge >= 0.3 is 23.9 Å². The van der Waals surface area contributed by atoms with Crippen LogP contribution < -0.4 is 10.5 Å². The molecule has 3 rings (SSSR count). The Morgan fingerprint density at radius 1 is 0.923 bits per heavy atom. The standard InChI is InChI=1S/C27H37NO11/c1-15(29)35-21-22(36-16(2)30)24(37-17(3)31)26(39-23(21)25(32)34-4)38-19-10-8-18(9-11-19)20(14-28)27(33)12-6-5-7-13-27/h8-11,20-24,26,33H,5-7,12-14,28H2,1-4H3/t20?,21-,22?,23?,24?,26-/m1/s1. The molecule has 2 fully saturated rings. The molecule has 4 unspecified atom stereocenters. The molecule has 39 heavy (non-hydrogen) atoms. The van der Waals surface area contributed by atoms with Gasteiger partial charge in [0.1, 0.15) is 5.75 Å². The van der Waals surface area contributed by atoms with Crippen molar-refractivity contribution in [1.29, 1.82) is 0 Å². The first-order valence-corrected chi connectivity index (χ1v) is 12.9. The third-order valence-electron chi connectivity index (χ3n) is 6.97. The Kier molecular flexibility index (Phi) is 10.3. The second-order valence-electron chi connectivity index (χ2n) is 9.81. The van der Waals surface area contributed by atoms with E-state index in [1.54, 1.807) is 24.3 Å². The highest BCUT2D eigenvalue weighted by Gasteiger charge is 2.55. The molecule has 1 saturated heterocycles. The molecule has 6 atom stereocenters. The summed E-state index contributed by atoms with van der Waals surface area (Å²) < 4.78 is 32.5. The van der Waals surface area contributed by atoms with Gasteiger partial charge in [-0.1, -0.05) is 31.4 Å². The molecule has 1 heterocycles. The first-order chi connectivity index (χ1) is 18.5. The molecule has 2 aliphatic rings. The van der Waals surface area contributed by atoms with Crippen LogP contribution in [0.5, 0.6) is 5.75 Å². The van der Waals surface area contributed by atoms with Crippen molar-refractivity contribution in [2.24, 2.45) is 5.73 Å². The first kappa shape index (κ1) is 30.3. The van der Waals surface area contributed by atoms with E-state index >= 15 is 0 Å². The van der Waals surface area contributed by atoms with Crippen LogP contribution in [0.15, 0.2) is 24.3 Å². The molecule has 0 aromatic heterocycles. The lowest BCUT2D eigenvalue weighted by atomic mass is 9.73. The molecular weight excluding hydrogens is 514 g/mol. The minimum absolute atomic E-state index is 0.263. The number of ether oxygens (including phenoxy) is 6. The Hall–Kier alpha value is -3.22. The quantitative estimate of drug-likeness (QED) is 0.335.